The Kier molecular flexibility index (Phi) is 4.02. The van der Waals surface area contributed by atoms with Crippen LogP contribution < -0.4 is 10.6 Å². The van der Waals surface area contributed by atoms with Gasteiger partial charge in [0, 0.05) is 19.0 Å². The van der Waals surface area contributed by atoms with Crippen molar-refractivity contribution >= 4 is 23.4 Å². The first-order valence-electron chi connectivity index (χ1n) is 4.34. The molecule has 0 aromatic rings. The quantitative estimate of drug-likeness (QED) is 0.623. The average molecular weight is 205 g/mol. The van der Waals surface area contributed by atoms with E-state index >= 15 is 0 Å². The van der Waals surface area contributed by atoms with E-state index < -0.39 is 0 Å². The summed E-state index contributed by atoms with van der Waals surface area (Å²) < 4.78 is 0. The Balaban J connectivity index is 2.33. The highest BCUT2D eigenvalue weighted by molar-refractivity contribution is 6.27. The SMILES string of the molecule is O=C1CCC(NC(=O)CCl)CCN1. The average Bonchev–Trinajstić information content (AvgIpc) is 2.31. The molecule has 1 aliphatic rings. The largest absolute Gasteiger partial charge is 0.356 e. The Labute approximate surface area is 82.0 Å². The number of hydrogen-bond donors (Lipinski definition) is 2. The smallest absolute Gasteiger partial charge is 0.235 e. The van der Waals surface area contributed by atoms with E-state index in [2.05, 4.69) is 10.6 Å². The van der Waals surface area contributed by atoms with Crippen LogP contribution in [0.5, 0.6) is 0 Å². The number of alkyl halides is 1. The number of carbonyl (C=O) groups excluding carboxylic acids is 2. The number of amides is 2. The van der Waals surface area contributed by atoms with Crippen LogP contribution in [0.4, 0.5) is 0 Å². The van der Waals surface area contributed by atoms with Gasteiger partial charge in [0.2, 0.25) is 11.8 Å². The Morgan fingerprint density at radius 1 is 1.62 bits per heavy atom. The third-order valence-electron chi connectivity index (χ3n) is 2.02. The lowest BCUT2D eigenvalue weighted by atomic mass is 10.1. The first kappa shape index (κ1) is 10.3. The van der Waals surface area contributed by atoms with Gasteiger partial charge in [0.25, 0.3) is 0 Å². The van der Waals surface area contributed by atoms with Crippen molar-refractivity contribution in [2.75, 3.05) is 12.4 Å². The van der Waals surface area contributed by atoms with E-state index in [1.54, 1.807) is 0 Å². The topological polar surface area (TPSA) is 58.2 Å². The molecule has 0 saturated carbocycles. The third kappa shape index (κ3) is 3.63. The van der Waals surface area contributed by atoms with Crippen molar-refractivity contribution in [2.24, 2.45) is 0 Å². The fourth-order valence-electron chi connectivity index (χ4n) is 1.33. The molecule has 0 bridgehead atoms. The number of hydrogen-bond acceptors (Lipinski definition) is 2. The molecule has 13 heavy (non-hydrogen) atoms. The van der Waals surface area contributed by atoms with Crippen molar-refractivity contribution < 1.29 is 9.59 Å². The summed E-state index contributed by atoms with van der Waals surface area (Å²) >= 11 is 5.35. The maximum Gasteiger partial charge on any atom is 0.235 e. The fraction of sp³-hybridized carbons (Fsp3) is 0.750. The number of carbonyl (C=O) groups is 2. The molecule has 0 aromatic carbocycles. The number of rotatable bonds is 2. The molecule has 2 N–H and O–H groups in total. The Morgan fingerprint density at radius 3 is 3.08 bits per heavy atom. The van der Waals surface area contributed by atoms with Gasteiger partial charge < -0.3 is 10.6 Å². The Bertz CT molecular complexity index is 208. The highest BCUT2D eigenvalue weighted by Gasteiger charge is 2.16. The van der Waals surface area contributed by atoms with Crippen LogP contribution in [0, 0.1) is 0 Å². The summed E-state index contributed by atoms with van der Waals surface area (Å²) in [5.74, 6) is -0.124. The molecule has 4 nitrogen and oxygen atoms in total. The first-order valence-corrected chi connectivity index (χ1v) is 4.88. The predicted molar refractivity (Wildman–Crippen MR) is 49.5 cm³/mol. The highest BCUT2D eigenvalue weighted by Crippen LogP contribution is 2.05. The lowest BCUT2D eigenvalue weighted by Gasteiger charge is -2.13. The number of nitrogens with one attached hydrogen (secondary N) is 2. The van der Waals surface area contributed by atoms with Gasteiger partial charge >= 0.3 is 0 Å². The Morgan fingerprint density at radius 2 is 2.38 bits per heavy atom. The highest BCUT2D eigenvalue weighted by atomic mass is 35.5. The van der Waals surface area contributed by atoms with Crippen molar-refractivity contribution in [3.63, 3.8) is 0 Å². The first-order chi connectivity index (χ1) is 6.22. The van der Waals surface area contributed by atoms with E-state index in [1.807, 2.05) is 0 Å². The van der Waals surface area contributed by atoms with Gasteiger partial charge in [0.1, 0.15) is 5.88 Å². The molecule has 1 atom stereocenters. The van der Waals surface area contributed by atoms with E-state index in [0.717, 1.165) is 6.42 Å². The van der Waals surface area contributed by atoms with E-state index in [1.165, 1.54) is 0 Å². The van der Waals surface area contributed by atoms with Crippen molar-refractivity contribution in [1.82, 2.24) is 10.6 Å². The van der Waals surface area contributed by atoms with E-state index in [0.29, 0.717) is 19.4 Å². The molecule has 0 radical (unpaired) electrons. The Hall–Kier alpha value is -0.770. The summed E-state index contributed by atoms with van der Waals surface area (Å²) in [5, 5.41) is 5.51. The predicted octanol–water partition coefficient (Wildman–Crippen LogP) is 0.0101. The molecule has 5 heteroatoms. The second kappa shape index (κ2) is 5.07. The minimum atomic E-state index is -0.166. The molecule has 2 amide bonds. The lowest BCUT2D eigenvalue weighted by molar-refractivity contribution is -0.121. The van der Waals surface area contributed by atoms with Gasteiger partial charge in [-0.25, -0.2) is 0 Å². The minimum Gasteiger partial charge on any atom is -0.356 e. The molecule has 1 fully saturated rings. The summed E-state index contributed by atoms with van der Waals surface area (Å²) in [4.78, 5) is 21.9. The summed E-state index contributed by atoms with van der Waals surface area (Å²) in [7, 11) is 0. The summed E-state index contributed by atoms with van der Waals surface area (Å²) in [6, 6.07) is 0.0881. The van der Waals surface area contributed by atoms with Gasteiger partial charge in [-0.2, -0.15) is 0 Å². The van der Waals surface area contributed by atoms with Gasteiger partial charge in [-0.15, -0.1) is 11.6 Å². The van der Waals surface area contributed by atoms with E-state index in [9.17, 15) is 9.59 Å². The lowest BCUT2D eigenvalue weighted by Crippen LogP contribution is -2.36. The van der Waals surface area contributed by atoms with Crippen molar-refractivity contribution in [1.29, 1.82) is 0 Å². The van der Waals surface area contributed by atoms with Gasteiger partial charge in [-0.1, -0.05) is 0 Å². The van der Waals surface area contributed by atoms with E-state index in [4.69, 9.17) is 11.6 Å². The van der Waals surface area contributed by atoms with Crippen molar-refractivity contribution in [2.45, 2.75) is 25.3 Å². The van der Waals surface area contributed by atoms with Crippen LogP contribution in [0.3, 0.4) is 0 Å². The third-order valence-corrected chi connectivity index (χ3v) is 2.26. The van der Waals surface area contributed by atoms with Gasteiger partial charge in [-0.3, -0.25) is 9.59 Å². The number of halogens is 1. The monoisotopic (exact) mass is 204 g/mol. The zero-order chi connectivity index (χ0) is 9.68. The second-order valence-corrected chi connectivity index (χ2v) is 3.34. The van der Waals surface area contributed by atoms with Crippen molar-refractivity contribution in [3.05, 3.63) is 0 Å². The maximum absolute atomic E-state index is 10.9. The molecule has 1 rings (SSSR count). The molecule has 0 aromatic heterocycles. The van der Waals surface area contributed by atoms with Crippen LogP contribution in [-0.4, -0.2) is 30.3 Å². The van der Waals surface area contributed by atoms with Gasteiger partial charge in [0.05, 0.1) is 0 Å². The molecule has 1 aliphatic heterocycles. The van der Waals surface area contributed by atoms with Crippen LogP contribution >= 0.6 is 11.6 Å². The summed E-state index contributed by atoms with van der Waals surface area (Å²) in [6.07, 6.45) is 1.97. The minimum absolute atomic E-state index is 0.0160. The van der Waals surface area contributed by atoms with Crippen LogP contribution in [0.2, 0.25) is 0 Å². The second-order valence-electron chi connectivity index (χ2n) is 3.08. The summed E-state index contributed by atoms with van der Waals surface area (Å²) in [5.41, 5.74) is 0. The maximum atomic E-state index is 10.9. The molecular weight excluding hydrogens is 192 g/mol. The molecule has 1 saturated heterocycles. The molecule has 0 aliphatic carbocycles. The summed E-state index contributed by atoms with van der Waals surface area (Å²) in [6.45, 7) is 0.631. The van der Waals surface area contributed by atoms with Crippen LogP contribution in [0.25, 0.3) is 0 Å². The van der Waals surface area contributed by atoms with E-state index in [-0.39, 0.29) is 23.7 Å². The molecule has 74 valence electrons. The molecule has 1 heterocycles. The van der Waals surface area contributed by atoms with Crippen LogP contribution in [-0.2, 0) is 9.59 Å². The zero-order valence-corrected chi connectivity index (χ0v) is 8.06. The fourth-order valence-corrected chi connectivity index (χ4v) is 1.41. The van der Waals surface area contributed by atoms with Crippen LogP contribution in [0.1, 0.15) is 19.3 Å². The molecular formula is C8H13ClN2O2. The van der Waals surface area contributed by atoms with Crippen molar-refractivity contribution in [3.8, 4) is 0 Å². The molecule has 1 unspecified atom stereocenters. The molecule has 0 spiro atoms. The van der Waals surface area contributed by atoms with Gasteiger partial charge in [0.15, 0.2) is 0 Å². The standard InChI is InChI=1S/C8H13ClN2O2/c9-5-8(13)11-6-1-2-7(12)10-4-3-6/h6H,1-5H2,(H,10,12)(H,11,13). The zero-order valence-electron chi connectivity index (χ0n) is 7.31. The van der Waals surface area contributed by atoms with Gasteiger partial charge in [-0.05, 0) is 12.8 Å². The normalized spacial score (nSPS) is 23.2. The van der Waals surface area contributed by atoms with Crippen LogP contribution in [0.15, 0.2) is 0 Å².